The molecular weight excluding hydrogens is 230 g/mol. The first kappa shape index (κ1) is 14.4. The van der Waals surface area contributed by atoms with Crippen LogP contribution in [0.15, 0.2) is 18.3 Å². The molecule has 1 rings (SSSR count). The van der Waals surface area contributed by atoms with Crippen LogP contribution in [0.4, 0.5) is 5.82 Å². The molecule has 1 heterocycles. The fourth-order valence-electron chi connectivity index (χ4n) is 1.57. The maximum atomic E-state index is 11.6. The lowest BCUT2D eigenvalue weighted by molar-refractivity contribution is -0.120. The lowest BCUT2D eigenvalue weighted by Gasteiger charge is -2.19. The molecule has 5 heteroatoms. The number of anilines is 1. The summed E-state index contributed by atoms with van der Waals surface area (Å²) in [6.07, 6.45) is 1.10. The summed E-state index contributed by atoms with van der Waals surface area (Å²) in [6, 6.07) is 3.67. The zero-order chi connectivity index (χ0) is 13.7. The van der Waals surface area contributed by atoms with Crippen LogP contribution in [0.2, 0.25) is 0 Å². The van der Waals surface area contributed by atoms with Crippen molar-refractivity contribution in [2.45, 2.75) is 32.9 Å². The molecule has 2 N–H and O–H groups in total. The van der Waals surface area contributed by atoms with Crippen LogP contribution in [0.5, 0.6) is 0 Å². The highest BCUT2D eigenvalue weighted by atomic mass is 16.3. The Morgan fingerprint density at radius 1 is 1.50 bits per heavy atom. The van der Waals surface area contributed by atoms with Crippen LogP contribution in [0.1, 0.15) is 32.4 Å². The molecule has 0 fully saturated rings. The van der Waals surface area contributed by atoms with Crippen molar-refractivity contribution < 1.29 is 9.90 Å². The van der Waals surface area contributed by atoms with Gasteiger partial charge < -0.3 is 15.3 Å². The molecule has 0 aliphatic carbocycles. The molecule has 5 nitrogen and oxygen atoms in total. The van der Waals surface area contributed by atoms with E-state index in [9.17, 15) is 9.90 Å². The molecule has 0 aliphatic rings. The third-order valence-corrected chi connectivity index (χ3v) is 2.47. The number of pyridine rings is 1. The van der Waals surface area contributed by atoms with Crippen LogP contribution in [0.25, 0.3) is 0 Å². The number of amides is 1. The van der Waals surface area contributed by atoms with Gasteiger partial charge in [-0.15, -0.1) is 0 Å². The maximum Gasteiger partial charge on any atom is 0.239 e. The zero-order valence-corrected chi connectivity index (χ0v) is 11.3. The van der Waals surface area contributed by atoms with Crippen molar-refractivity contribution in [2.24, 2.45) is 0 Å². The average molecular weight is 251 g/mol. The number of likely N-dealkylation sites (N-methyl/N-ethyl adjacent to an activating group) is 1. The number of aromatic nitrogens is 1. The van der Waals surface area contributed by atoms with E-state index in [4.69, 9.17) is 0 Å². The molecule has 0 saturated carbocycles. The molecule has 0 spiro atoms. The predicted octanol–water partition coefficient (Wildman–Crippen LogP) is 1.10. The molecule has 0 bridgehead atoms. The SMILES string of the molecule is CC(C)NC(=O)CN(C)c1cc([C@H](C)O)ccn1. The summed E-state index contributed by atoms with van der Waals surface area (Å²) in [5, 5.41) is 12.3. The zero-order valence-electron chi connectivity index (χ0n) is 11.3. The summed E-state index contributed by atoms with van der Waals surface area (Å²) < 4.78 is 0. The predicted molar refractivity (Wildman–Crippen MR) is 71.4 cm³/mol. The third-order valence-electron chi connectivity index (χ3n) is 2.47. The Morgan fingerprint density at radius 2 is 2.17 bits per heavy atom. The van der Waals surface area contributed by atoms with Crippen molar-refractivity contribution in [2.75, 3.05) is 18.5 Å². The molecular formula is C13H21N3O2. The number of hydrogen-bond donors (Lipinski definition) is 2. The normalized spacial score (nSPS) is 12.3. The van der Waals surface area contributed by atoms with E-state index in [1.165, 1.54) is 0 Å². The smallest absolute Gasteiger partial charge is 0.239 e. The topological polar surface area (TPSA) is 65.5 Å². The number of aliphatic hydroxyl groups is 1. The van der Waals surface area contributed by atoms with Gasteiger partial charge in [-0.2, -0.15) is 0 Å². The number of nitrogens with one attached hydrogen (secondary N) is 1. The Hall–Kier alpha value is -1.62. The van der Waals surface area contributed by atoms with Gasteiger partial charge in [-0.25, -0.2) is 4.98 Å². The van der Waals surface area contributed by atoms with E-state index in [1.807, 2.05) is 13.8 Å². The summed E-state index contributed by atoms with van der Waals surface area (Å²) >= 11 is 0. The van der Waals surface area contributed by atoms with Gasteiger partial charge in [0.25, 0.3) is 0 Å². The summed E-state index contributed by atoms with van der Waals surface area (Å²) in [6.45, 7) is 5.79. The molecule has 0 unspecified atom stereocenters. The fraction of sp³-hybridized carbons (Fsp3) is 0.538. The number of aliphatic hydroxyl groups excluding tert-OH is 1. The molecule has 0 radical (unpaired) electrons. The molecule has 1 atom stereocenters. The molecule has 1 aromatic heterocycles. The Kier molecular flexibility index (Phi) is 5.09. The van der Waals surface area contributed by atoms with Gasteiger partial charge in [0, 0.05) is 19.3 Å². The highest BCUT2D eigenvalue weighted by Crippen LogP contribution is 2.16. The quantitative estimate of drug-likeness (QED) is 0.822. The first-order chi connectivity index (χ1) is 8.40. The molecule has 1 aromatic rings. The Balaban J connectivity index is 2.69. The fourth-order valence-corrected chi connectivity index (χ4v) is 1.57. The number of rotatable bonds is 5. The largest absolute Gasteiger partial charge is 0.389 e. The second kappa shape index (κ2) is 6.35. The standard InChI is InChI=1S/C13H21N3O2/c1-9(2)15-13(18)8-16(4)12-7-11(10(3)17)5-6-14-12/h5-7,9-10,17H,8H2,1-4H3,(H,15,18)/t10-/m0/s1. The molecule has 0 aromatic carbocycles. The van der Waals surface area contributed by atoms with Crippen molar-refractivity contribution in [1.82, 2.24) is 10.3 Å². The van der Waals surface area contributed by atoms with E-state index in [1.54, 1.807) is 37.2 Å². The van der Waals surface area contributed by atoms with E-state index in [0.717, 1.165) is 5.56 Å². The van der Waals surface area contributed by atoms with Crippen molar-refractivity contribution in [1.29, 1.82) is 0 Å². The Morgan fingerprint density at radius 3 is 2.72 bits per heavy atom. The van der Waals surface area contributed by atoms with Gasteiger partial charge in [-0.1, -0.05) is 0 Å². The first-order valence-corrected chi connectivity index (χ1v) is 6.04. The first-order valence-electron chi connectivity index (χ1n) is 6.04. The number of carbonyl (C=O) groups is 1. The van der Waals surface area contributed by atoms with E-state index in [-0.39, 0.29) is 18.5 Å². The lowest BCUT2D eigenvalue weighted by Crippen LogP contribution is -2.38. The highest BCUT2D eigenvalue weighted by molar-refractivity contribution is 5.81. The van der Waals surface area contributed by atoms with Crippen LogP contribution >= 0.6 is 0 Å². The molecule has 0 saturated heterocycles. The number of carbonyl (C=O) groups excluding carboxylic acids is 1. The minimum atomic E-state index is -0.537. The lowest BCUT2D eigenvalue weighted by atomic mass is 10.2. The minimum absolute atomic E-state index is 0.0447. The van der Waals surface area contributed by atoms with Crippen molar-refractivity contribution in [3.05, 3.63) is 23.9 Å². The average Bonchev–Trinajstić information content (AvgIpc) is 2.27. The van der Waals surface area contributed by atoms with Crippen molar-refractivity contribution in [3.63, 3.8) is 0 Å². The van der Waals surface area contributed by atoms with E-state index >= 15 is 0 Å². The van der Waals surface area contributed by atoms with Gasteiger partial charge in [0.15, 0.2) is 0 Å². The summed E-state index contributed by atoms with van der Waals surface area (Å²) in [4.78, 5) is 17.6. The van der Waals surface area contributed by atoms with Crippen LogP contribution in [0, 0.1) is 0 Å². The van der Waals surface area contributed by atoms with Crippen molar-refractivity contribution in [3.8, 4) is 0 Å². The molecule has 0 aliphatic heterocycles. The Labute approximate surface area is 108 Å². The van der Waals surface area contributed by atoms with Gasteiger partial charge in [-0.3, -0.25) is 4.79 Å². The van der Waals surface area contributed by atoms with Crippen LogP contribution < -0.4 is 10.2 Å². The van der Waals surface area contributed by atoms with E-state index < -0.39 is 6.10 Å². The molecule has 100 valence electrons. The summed E-state index contributed by atoms with van der Waals surface area (Å²) in [5.74, 6) is 0.629. The number of hydrogen-bond acceptors (Lipinski definition) is 4. The highest BCUT2D eigenvalue weighted by Gasteiger charge is 2.10. The van der Waals surface area contributed by atoms with Crippen LogP contribution in [0.3, 0.4) is 0 Å². The molecule has 18 heavy (non-hydrogen) atoms. The van der Waals surface area contributed by atoms with Gasteiger partial charge in [0.05, 0.1) is 12.6 Å². The van der Waals surface area contributed by atoms with E-state index in [0.29, 0.717) is 5.82 Å². The molecule has 1 amide bonds. The monoisotopic (exact) mass is 251 g/mol. The van der Waals surface area contributed by atoms with Gasteiger partial charge in [0.2, 0.25) is 5.91 Å². The number of nitrogens with zero attached hydrogens (tertiary/aromatic N) is 2. The van der Waals surface area contributed by atoms with Crippen LogP contribution in [-0.4, -0.2) is 35.6 Å². The summed E-state index contributed by atoms with van der Waals surface area (Å²) in [7, 11) is 1.80. The van der Waals surface area contributed by atoms with Crippen LogP contribution in [-0.2, 0) is 4.79 Å². The van der Waals surface area contributed by atoms with E-state index in [2.05, 4.69) is 10.3 Å². The van der Waals surface area contributed by atoms with Gasteiger partial charge in [-0.05, 0) is 38.5 Å². The van der Waals surface area contributed by atoms with Gasteiger partial charge in [0.1, 0.15) is 5.82 Å². The van der Waals surface area contributed by atoms with Crippen molar-refractivity contribution >= 4 is 11.7 Å². The minimum Gasteiger partial charge on any atom is -0.389 e. The second-order valence-corrected chi connectivity index (χ2v) is 4.70. The third kappa shape index (κ3) is 4.33. The van der Waals surface area contributed by atoms with Gasteiger partial charge >= 0.3 is 0 Å². The second-order valence-electron chi connectivity index (χ2n) is 4.70. The Bertz CT molecular complexity index is 405. The summed E-state index contributed by atoms with van der Waals surface area (Å²) in [5.41, 5.74) is 0.788. The maximum absolute atomic E-state index is 11.6.